The summed E-state index contributed by atoms with van der Waals surface area (Å²) in [6, 6.07) is 0. The van der Waals surface area contributed by atoms with Crippen molar-refractivity contribution in [2.75, 3.05) is 0 Å². The Balaban J connectivity index is 1.74. The van der Waals surface area contributed by atoms with E-state index in [0.717, 1.165) is 50.5 Å². The average Bonchev–Trinajstić information content (AvgIpc) is 2.82. The van der Waals surface area contributed by atoms with E-state index < -0.39 is 23.6 Å². The number of carbonyl (C=O) groups is 1. The highest BCUT2D eigenvalue weighted by Crippen LogP contribution is 2.62. The van der Waals surface area contributed by atoms with Crippen LogP contribution in [0.15, 0.2) is 22.8 Å². The third-order valence-corrected chi connectivity index (χ3v) is 12.8. The highest BCUT2D eigenvalue weighted by Gasteiger charge is 2.54. The lowest BCUT2D eigenvalue weighted by Gasteiger charge is -2.56. The quantitative estimate of drug-likeness (QED) is 0.357. The van der Waals surface area contributed by atoms with Crippen molar-refractivity contribution >= 4 is 17.7 Å². The van der Waals surface area contributed by atoms with Gasteiger partial charge in [-0.25, -0.2) is 0 Å². The van der Waals surface area contributed by atoms with Crippen LogP contribution in [-0.2, 0) is 4.79 Å². The second-order valence-electron chi connectivity index (χ2n) is 14.4. The first kappa shape index (κ1) is 29.2. The van der Waals surface area contributed by atoms with Gasteiger partial charge in [-0.3, -0.25) is 4.79 Å². The minimum atomic E-state index is -0.847. The van der Waals surface area contributed by atoms with Gasteiger partial charge in [-0.2, -0.15) is 11.8 Å². The SMILES string of the molecule is CC1=C2C(=CC(O)C1O)[C@]1(C)CC[C@@H](C)[C@@H]3C[C@](C)(C(=O)O)CC[C@]3(C)CC[C@H](C)C1CC2SC(C)C. The number of aliphatic carboxylic acids is 1. The molecule has 0 heterocycles. The van der Waals surface area contributed by atoms with E-state index in [0.29, 0.717) is 34.2 Å². The van der Waals surface area contributed by atoms with Crippen LogP contribution >= 0.6 is 11.8 Å². The molecule has 0 aromatic rings. The Morgan fingerprint density at radius 3 is 2.24 bits per heavy atom. The molecule has 3 N–H and O–H groups in total. The standard InChI is InChI=1S/C32H52O4S/c1-18(2)37-26-16-22-19(3)9-11-30(6)13-14-31(7,29(35)36)17-24(30)20(4)10-12-32(22,8)23-15-25(33)28(34)21(5)27(23)26/h15,18-20,22,24-26,28,33-34H,9-14,16-17H2,1-8H3,(H,35,36)/t19-,20+,22?,24-,25?,26?,28?,30-,31+,32+/m0/s1. The summed E-state index contributed by atoms with van der Waals surface area (Å²) >= 11 is 2.02. The van der Waals surface area contributed by atoms with Crippen molar-refractivity contribution in [2.24, 2.45) is 39.9 Å². The van der Waals surface area contributed by atoms with Gasteiger partial charge in [0.05, 0.1) is 5.41 Å². The van der Waals surface area contributed by atoms with Gasteiger partial charge < -0.3 is 15.3 Å². The number of rotatable bonds is 3. The van der Waals surface area contributed by atoms with Crippen molar-refractivity contribution in [1.29, 1.82) is 0 Å². The molecule has 0 bridgehead atoms. The molecule has 3 fully saturated rings. The first-order valence-electron chi connectivity index (χ1n) is 14.8. The summed E-state index contributed by atoms with van der Waals surface area (Å²) in [6.07, 6.45) is 8.47. The zero-order valence-corrected chi connectivity index (χ0v) is 25.3. The molecule has 4 rings (SSSR count). The van der Waals surface area contributed by atoms with E-state index >= 15 is 0 Å². The van der Waals surface area contributed by atoms with Gasteiger partial charge in [0.1, 0.15) is 12.2 Å². The number of fused-ring (bicyclic) bond motifs is 4. The van der Waals surface area contributed by atoms with Gasteiger partial charge in [0.15, 0.2) is 0 Å². The van der Waals surface area contributed by atoms with Crippen LogP contribution < -0.4 is 0 Å². The van der Waals surface area contributed by atoms with Crippen LogP contribution in [0.1, 0.15) is 107 Å². The summed E-state index contributed by atoms with van der Waals surface area (Å²) < 4.78 is 0. The minimum Gasteiger partial charge on any atom is -0.481 e. The number of aliphatic hydroxyl groups is 2. The molecule has 5 heteroatoms. The third-order valence-electron chi connectivity index (χ3n) is 11.5. The van der Waals surface area contributed by atoms with Gasteiger partial charge in [0, 0.05) is 5.25 Å². The summed E-state index contributed by atoms with van der Waals surface area (Å²) in [6.45, 7) is 18.2. The number of hydrogen-bond acceptors (Lipinski definition) is 4. The van der Waals surface area contributed by atoms with E-state index in [4.69, 9.17) is 0 Å². The van der Waals surface area contributed by atoms with Crippen LogP contribution in [0, 0.1) is 39.9 Å². The van der Waals surface area contributed by atoms with E-state index in [1.54, 1.807) is 0 Å². The molecule has 210 valence electrons. The maximum absolute atomic E-state index is 12.2. The second kappa shape index (κ2) is 10.3. The lowest BCUT2D eigenvalue weighted by molar-refractivity contribution is -0.155. The normalized spacial score (nSPS) is 47.0. The molecule has 0 aromatic carbocycles. The maximum Gasteiger partial charge on any atom is 0.309 e. The van der Waals surface area contributed by atoms with E-state index in [2.05, 4.69) is 41.5 Å². The molecule has 4 unspecified atom stereocenters. The zero-order chi connectivity index (χ0) is 27.5. The van der Waals surface area contributed by atoms with Crippen molar-refractivity contribution < 1.29 is 20.1 Å². The molecule has 0 saturated heterocycles. The molecular formula is C32H52O4S. The van der Waals surface area contributed by atoms with E-state index in [-0.39, 0.29) is 10.8 Å². The van der Waals surface area contributed by atoms with Crippen LogP contribution in [0.3, 0.4) is 0 Å². The van der Waals surface area contributed by atoms with Gasteiger partial charge in [-0.1, -0.05) is 41.5 Å². The monoisotopic (exact) mass is 532 g/mol. The summed E-state index contributed by atoms with van der Waals surface area (Å²) in [4.78, 5) is 12.2. The van der Waals surface area contributed by atoms with Gasteiger partial charge in [0.2, 0.25) is 0 Å². The van der Waals surface area contributed by atoms with E-state index in [1.807, 2.05) is 31.7 Å². The molecule has 37 heavy (non-hydrogen) atoms. The Labute approximate surface area is 229 Å². The van der Waals surface area contributed by atoms with Crippen molar-refractivity contribution in [3.05, 3.63) is 22.8 Å². The van der Waals surface area contributed by atoms with Crippen molar-refractivity contribution in [3.8, 4) is 0 Å². The van der Waals surface area contributed by atoms with Crippen molar-refractivity contribution in [3.63, 3.8) is 0 Å². The first-order valence-corrected chi connectivity index (χ1v) is 15.8. The Bertz CT molecular complexity index is 954. The number of thioether (sulfide) groups is 1. The first-order chi connectivity index (χ1) is 17.1. The predicted octanol–water partition coefficient (Wildman–Crippen LogP) is 7.24. The highest BCUT2D eigenvalue weighted by atomic mass is 32.2. The molecule has 0 aromatic heterocycles. The Kier molecular flexibility index (Phi) is 8.15. The highest BCUT2D eigenvalue weighted by molar-refractivity contribution is 8.00. The molecule has 3 saturated carbocycles. The van der Waals surface area contributed by atoms with Gasteiger partial charge in [0.25, 0.3) is 0 Å². The van der Waals surface area contributed by atoms with Crippen LogP contribution in [-0.4, -0.2) is 44.0 Å². The van der Waals surface area contributed by atoms with Crippen molar-refractivity contribution in [2.45, 2.75) is 129 Å². The topological polar surface area (TPSA) is 77.8 Å². The minimum absolute atomic E-state index is 0.0576. The summed E-state index contributed by atoms with van der Waals surface area (Å²) in [7, 11) is 0. The van der Waals surface area contributed by atoms with Gasteiger partial charge in [-0.05, 0) is 128 Å². The Morgan fingerprint density at radius 1 is 1.00 bits per heavy atom. The molecule has 0 amide bonds. The van der Waals surface area contributed by atoms with Crippen LogP contribution in [0.2, 0.25) is 0 Å². The van der Waals surface area contributed by atoms with Crippen molar-refractivity contribution in [1.82, 2.24) is 0 Å². The molecule has 4 aliphatic carbocycles. The van der Waals surface area contributed by atoms with Crippen LogP contribution in [0.5, 0.6) is 0 Å². The Morgan fingerprint density at radius 2 is 1.62 bits per heavy atom. The predicted molar refractivity (Wildman–Crippen MR) is 154 cm³/mol. The molecule has 4 nitrogen and oxygen atoms in total. The summed E-state index contributed by atoms with van der Waals surface area (Å²) in [5.74, 6) is 1.29. The van der Waals surface area contributed by atoms with Gasteiger partial charge >= 0.3 is 5.97 Å². The summed E-state index contributed by atoms with van der Waals surface area (Å²) in [5.41, 5.74) is 3.07. The fourth-order valence-electron chi connectivity index (χ4n) is 8.81. The largest absolute Gasteiger partial charge is 0.481 e. The molecule has 10 atom stereocenters. The second-order valence-corrected chi connectivity index (χ2v) is 16.2. The smallest absolute Gasteiger partial charge is 0.309 e. The fraction of sp³-hybridized carbons (Fsp3) is 0.844. The number of carboxylic acids is 1. The number of hydrogen-bond donors (Lipinski definition) is 3. The Hall–Kier alpha value is -0.780. The lowest BCUT2D eigenvalue weighted by Crippen LogP contribution is -2.49. The number of aliphatic hydroxyl groups excluding tert-OH is 2. The molecule has 0 aliphatic heterocycles. The van der Waals surface area contributed by atoms with Crippen LogP contribution in [0.4, 0.5) is 0 Å². The lowest BCUT2D eigenvalue weighted by atomic mass is 9.50. The molecule has 0 radical (unpaired) electrons. The molecule has 0 spiro atoms. The molecular weight excluding hydrogens is 480 g/mol. The summed E-state index contributed by atoms with van der Waals surface area (Å²) in [5, 5.41) is 32.6. The fourth-order valence-corrected chi connectivity index (χ4v) is 10.2. The van der Waals surface area contributed by atoms with E-state index in [9.17, 15) is 20.1 Å². The molecule has 4 aliphatic rings. The van der Waals surface area contributed by atoms with E-state index in [1.165, 1.54) is 17.6 Å². The van der Waals surface area contributed by atoms with Gasteiger partial charge in [-0.15, -0.1) is 0 Å². The number of carboxylic acid groups (broad SMARTS) is 1. The average molecular weight is 533 g/mol. The maximum atomic E-state index is 12.2. The third kappa shape index (κ3) is 5.11. The zero-order valence-electron chi connectivity index (χ0n) is 24.5. The number of allylic oxidation sites excluding steroid dienone is 1. The van der Waals surface area contributed by atoms with Crippen LogP contribution in [0.25, 0.3) is 0 Å².